The van der Waals surface area contributed by atoms with Gasteiger partial charge in [-0.25, -0.2) is 4.98 Å². The Balaban J connectivity index is 1.52. The molecular formula is C18H28N4O. The molecule has 23 heavy (non-hydrogen) atoms. The molecule has 0 atom stereocenters. The first-order valence-corrected chi connectivity index (χ1v) is 8.99. The monoisotopic (exact) mass is 316 g/mol. The molecule has 5 heteroatoms. The fraction of sp³-hybridized carbons (Fsp3) is 0.667. The molecule has 0 unspecified atom stereocenters. The first-order valence-electron chi connectivity index (χ1n) is 8.99. The van der Waals surface area contributed by atoms with Gasteiger partial charge in [0, 0.05) is 32.1 Å². The minimum Gasteiger partial charge on any atom is -0.368 e. The third-order valence-electron chi connectivity index (χ3n) is 5.28. The third-order valence-corrected chi connectivity index (χ3v) is 5.28. The van der Waals surface area contributed by atoms with Crippen LogP contribution in [0.3, 0.4) is 0 Å². The lowest BCUT2D eigenvalue weighted by atomic mass is 9.80. The second-order valence-corrected chi connectivity index (χ2v) is 6.75. The predicted molar refractivity (Wildman–Crippen MR) is 93.7 cm³/mol. The lowest BCUT2D eigenvalue weighted by Crippen LogP contribution is -2.43. The molecule has 0 aromatic carbocycles. The van der Waals surface area contributed by atoms with Crippen LogP contribution in [-0.4, -0.2) is 37.1 Å². The average Bonchev–Trinajstić information content (AvgIpc) is 2.63. The van der Waals surface area contributed by atoms with Crippen LogP contribution >= 0.6 is 0 Å². The smallest absolute Gasteiger partial charge is 0.228 e. The van der Waals surface area contributed by atoms with E-state index in [1.54, 1.807) is 0 Å². The number of aromatic nitrogens is 1. The van der Waals surface area contributed by atoms with Crippen molar-refractivity contribution in [3.63, 3.8) is 0 Å². The number of hydrogen-bond acceptors (Lipinski definition) is 4. The van der Waals surface area contributed by atoms with E-state index in [0.717, 1.165) is 50.6 Å². The number of nitrogens with one attached hydrogen (secondary N) is 2. The molecule has 1 aromatic rings. The molecule has 1 aliphatic heterocycles. The van der Waals surface area contributed by atoms with Gasteiger partial charge in [-0.15, -0.1) is 0 Å². The largest absolute Gasteiger partial charge is 0.368 e. The van der Waals surface area contributed by atoms with Gasteiger partial charge in [0.25, 0.3) is 0 Å². The predicted octanol–water partition coefficient (Wildman–Crippen LogP) is 2.65. The number of carbonyl (C=O) groups is 1. The van der Waals surface area contributed by atoms with E-state index in [2.05, 4.69) is 33.5 Å². The van der Waals surface area contributed by atoms with E-state index in [-0.39, 0.29) is 11.8 Å². The lowest BCUT2D eigenvalue weighted by molar-refractivity contribution is -0.121. The zero-order valence-corrected chi connectivity index (χ0v) is 14.1. The van der Waals surface area contributed by atoms with Crippen LogP contribution in [-0.2, 0) is 4.79 Å². The van der Waals surface area contributed by atoms with E-state index in [0.29, 0.717) is 5.82 Å². The lowest BCUT2D eigenvalue weighted by Gasteiger charge is -2.29. The molecule has 5 nitrogen and oxygen atoms in total. The summed E-state index contributed by atoms with van der Waals surface area (Å²) >= 11 is 0. The number of hydrogen-bond donors (Lipinski definition) is 2. The minimum absolute atomic E-state index is 0.141. The topological polar surface area (TPSA) is 57.3 Å². The third kappa shape index (κ3) is 4.22. The molecule has 126 valence electrons. The molecule has 2 aliphatic rings. The van der Waals surface area contributed by atoms with Crippen LogP contribution in [0.1, 0.15) is 39.0 Å². The summed E-state index contributed by atoms with van der Waals surface area (Å²) in [4.78, 5) is 19.1. The Morgan fingerprint density at radius 1 is 1.26 bits per heavy atom. The Kier molecular flexibility index (Phi) is 5.49. The van der Waals surface area contributed by atoms with Crippen LogP contribution in [0.15, 0.2) is 18.3 Å². The number of rotatable bonds is 4. The van der Waals surface area contributed by atoms with Crippen molar-refractivity contribution in [2.24, 2.45) is 11.8 Å². The summed E-state index contributed by atoms with van der Waals surface area (Å²) in [6, 6.07) is 3.98. The van der Waals surface area contributed by atoms with Crippen molar-refractivity contribution in [2.45, 2.75) is 39.0 Å². The number of anilines is 2. The van der Waals surface area contributed by atoms with Crippen LogP contribution in [0.5, 0.6) is 0 Å². The van der Waals surface area contributed by atoms with E-state index in [9.17, 15) is 4.79 Å². The van der Waals surface area contributed by atoms with Crippen LogP contribution in [0.4, 0.5) is 11.5 Å². The summed E-state index contributed by atoms with van der Waals surface area (Å²) < 4.78 is 0. The highest BCUT2D eigenvalue weighted by Gasteiger charge is 2.25. The standard InChI is InChI=1S/C18H28N4O/c1-2-14-3-5-15(6-4-14)18(23)21-17-8-7-16(13-20-17)22-11-9-19-10-12-22/h7-8,13-15,19H,2-6,9-12H2,1H3,(H,20,21,23). The molecule has 0 bridgehead atoms. The first kappa shape index (κ1) is 16.2. The van der Waals surface area contributed by atoms with Gasteiger partial charge in [-0.3, -0.25) is 4.79 Å². The van der Waals surface area contributed by atoms with Crippen LogP contribution in [0, 0.1) is 11.8 Å². The molecule has 2 fully saturated rings. The molecule has 1 aliphatic carbocycles. The maximum Gasteiger partial charge on any atom is 0.228 e. The van der Waals surface area contributed by atoms with Crippen molar-refractivity contribution in [1.82, 2.24) is 10.3 Å². The highest BCUT2D eigenvalue weighted by atomic mass is 16.1. The summed E-state index contributed by atoms with van der Waals surface area (Å²) in [7, 11) is 0. The van der Waals surface area contributed by atoms with Crippen molar-refractivity contribution in [1.29, 1.82) is 0 Å². The van der Waals surface area contributed by atoms with Gasteiger partial charge in [0.1, 0.15) is 5.82 Å². The number of nitrogens with zero attached hydrogens (tertiary/aromatic N) is 2. The Labute approximate surface area is 138 Å². The van der Waals surface area contributed by atoms with Gasteiger partial charge < -0.3 is 15.5 Å². The number of piperazine rings is 1. The van der Waals surface area contributed by atoms with Crippen molar-refractivity contribution in [3.8, 4) is 0 Å². The maximum atomic E-state index is 12.4. The van der Waals surface area contributed by atoms with Gasteiger partial charge in [-0.1, -0.05) is 13.3 Å². The fourth-order valence-corrected chi connectivity index (χ4v) is 3.63. The Hall–Kier alpha value is -1.62. The first-order chi connectivity index (χ1) is 11.3. The Morgan fingerprint density at radius 2 is 2.00 bits per heavy atom. The number of carbonyl (C=O) groups excluding carboxylic acids is 1. The van der Waals surface area contributed by atoms with E-state index in [1.807, 2.05) is 12.3 Å². The zero-order chi connectivity index (χ0) is 16.1. The molecule has 2 heterocycles. The van der Waals surface area contributed by atoms with Gasteiger partial charge in [0.2, 0.25) is 5.91 Å². The summed E-state index contributed by atoms with van der Waals surface area (Å²) in [5, 5.41) is 6.34. The molecule has 0 spiro atoms. The van der Waals surface area contributed by atoms with Gasteiger partial charge in [-0.2, -0.15) is 0 Å². The van der Waals surface area contributed by atoms with Crippen molar-refractivity contribution < 1.29 is 4.79 Å². The molecule has 1 saturated carbocycles. The van der Waals surface area contributed by atoms with Gasteiger partial charge in [0.05, 0.1) is 11.9 Å². The zero-order valence-electron chi connectivity index (χ0n) is 14.1. The minimum atomic E-state index is 0.141. The van der Waals surface area contributed by atoms with Crippen LogP contribution < -0.4 is 15.5 Å². The van der Waals surface area contributed by atoms with Crippen LogP contribution in [0.25, 0.3) is 0 Å². The molecular weight excluding hydrogens is 288 g/mol. The van der Waals surface area contributed by atoms with Crippen molar-refractivity contribution in [3.05, 3.63) is 18.3 Å². The summed E-state index contributed by atoms with van der Waals surface area (Å²) in [6.07, 6.45) is 7.51. The highest BCUT2D eigenvalue weighted by Crippen LogP contribution is 2.31. The van der Waals surface area contributed by atoms with Crippen molar-refractivity contribution in [2.75, 3.05) is 36.4 Å². The molecule has 3 rings (SSSR count). The Morgan fingerprint density at radius 3 is 2.61 bits per heavy atom. The van der Waals surface area contributed by atoms with E-state index < -0.39 is 0 Å². The molecule has 2 N–H and O–H groups in total. The van der Waals surface area contributed by atoms with Gasteiger partial charge in [-0.05, 0) is 43.7 Å². The van der Waals surface area contributed by atoms with E-state index in [4.69, 9.17) is 0 Å². The normalized spacial score (nSPS) is 25.2. The SMILES string of the molecule is CCC1CCC(C(=O)Nc2ccc(N3CCNCC3)cn2)CC1. The molecule has 1 aromatic heterocycles. The Bertz CT molecular complexity index is 502. The van der Waals surface area contributed by atoms with Gasteiger partial charge >= 0.3 is 0 Å². The quantitative estimate of drug-likeness (QED) is 0.896. The molecule has 1 amide bonds. The summed E-state index contributed by atoms with van der Waals surface area (Å²) in [5.41, 5.74) is 1.13. The van der Waals surface area contributed by atoms with Crippen molar-refractivity contribution >= 4 is 17.4 Å². The second-order valence-electron chi connectivity index (χ2n) is 6.75. The molecule has 1 saturated heterocycles. The summed E-state index contributed by atoms with van der Waals surface area (Å²) in [6.45, 7) is 6.29. The van der Waals surface area contributed by atoms with E-state index in [1.165, 1.54) is 19.3 Å². The molecule has 0 radical (unpaired) electrons. The van der Waals surface area contributed by atoms with Crippen LogP contribution in [0.2, 0.25) is 0 Å². The summed E-state index contributed by atoms with van der Waals surface area (Å²) in [5.74, 6) is 1.79. The number of amides is 1. The maximum absolute atomic E-state index is 12.4. The van der Waals surface area contributed by atoms with E-state index >= 15 is 0 Å². The van der Waals surface area contributed by atoms with Gasteiger partial charge in [0.15, 0.2) is 0 Å². The number of pyridine rings is 1. The second kappa shape index (κ2) is 7.77. The average molecular weight is 316 g/mol. The highest BCUT2D eigenvalue weighted by molar-refractivity contribution is 5.91. The fourth-order valence-electron chi connectivity index (χ4n) is 3.63.